The van der Waals surface area contributed by atoms with Crippen molar-refractivity contribution in [3.05, 3.63) is 0 Å². The maximum atomic E-state index is 11.9. The molecule has 0 fully saturated rings. The van der Waals surface area contributed by atoms with E-state index >= 15 is 0 Å². The summed E-state index contributed by atoms with van der Waals surface area (Å²) < 4.78 is 31.7. The van der Waals surface area contributed by atoms with Crippen LogP contribution in [0.2, 0.25) is 0 Å². The number of ether oxygens (including phenoxy) is 6. The third-order valence-corrected chi connectivity index (χ3v) is 11.0. The van der Waals surface area contributed by atoms with Crippen LogP contribution < -0.4 is 10.6 Å². The zero-order valence-corrected chi connectivity index (χ0v) is 35.5. The molecule has 322 valence electrons. The Morgan fingerprint density at radius 2 is 0.611 bits per heavy atom. The second-order valence-electron chi connectivity index (χ2n) is 13.3. The first-order valence-electron chi connectivity index (χ1n) is 21.2. The van der Waals surface area contributed by atoms with Crippen molar-refractivity contribution >= 4 is 33.4 Å². The molecule has 0 aliphatic heterocycles. The number of carbonyl (C=O) groups is 2. The molecule has 0 rings (SSSR count). The van der Waals surface area contributed by atoms with E-state index in [1.54, 1.807) is 0 Å². The van der Waals surface area contributed by atoms with Gasteiger partial charge in [-0.2, -0.15) is 0 Å². The van der Waals surface area contributed by atoms with Crippen LogP contribution in [0, 0.1) is 0 Å². The molecule has 0 aromatic carbocycles. The van der Waals surface area contributed by atoms with Gasteiger partial charge in [0.25, 0.3) is 0 Å². The minimum absolute atomic E-state index is 0.0229. The molecule has 14 heteroatoms. The van der Waals surface area contributed by atoms with Gasteiger partial charge < -0.3 is 49.3 Å². The molecule has 4 N–H and O–H groups in total. The van der Waals surface area contributed by atoms with E-state index in [0.29, 0.717) is 92.1 Å². The number of amides is 2. The highest BCUT2D eigenvalue weighted by atomic mass is 33.1. The Bertz CT molecular complexity index is 701. The SMILES string of the molecule is O=C(CCOCCOCCOCCO)NCCCCCCCCCCCSSCCCCCCCCCCCNC(=O)CCOCCOCCOCCO. The molecular formula is C40H80N2O10S2. The maximum absolute atomic E-state index is 11.9. The highest BCUT2D eigenvalue weighted by molar-refractivity contribution is 8.76. The van der Waals surface area contributed by atoms with Crippen molar-refractivity contribution < 1.29 is 48.2 Å². The lowest BCUT2D eigenvalue weighted by atomic mass is 10.1. The van der Waals surface area contributed by atoms with Crippen molar-refractivity contribution in [2.75, 3.05) is 117 Å². The predicted octanol–water partition coefficient (Wildman–Crippen LogP) is 6.49. The van der Waals surface area contributed by atoms with Crippen LogP contribution in [0.15, 0.2) is 0 Å². The van der Waals surface area contributed by atoms with Gasteiger partial charge in [0, 0.05) is 37.4 Å². The fourth-order valence-corrected chi connectivity index (χ4v) is 7.63. The summed E-state index contributed by atoms with van der Waals surface area (Å²) in [4.78, 5) is 23.8. The third-order valence-electron chi connectivity index (χ3n) is 8.44. The monoisotopic (exact) mass is 813 g/mol. The Morgan fingerprint density at radius 1 is 0.352 bits per heavy atom. The second-order valence-corrected chi connectivity index (χ2v) is 16.0. The molecule has 12 nitrogen and oxygen atoms in total. The van der Waals surface area contributed by atoms with Crippen molar-refractivity contribution in [3.63, 3.8) is 0 Å². The quantitative estimate of drug-likeness (QED) is 0.0393. The molecular weight excluding hydrogens is 733 g/mol. The van der Waals surface area contributed by atoms with Gasteiger partial charge in [-0.25, -0.2) is 0 Å². The van der Waals surface area contributed by atoms with Gasteiger partial charge in [-0.05, 0) is 25.7 Å². The molecule has 0 spiro atoms. The summed E-state index contributed by atoms with van der Waals surface area (Å²) >= 11 is 0. The van der Waals surface area contributed by atoms with Crippen LogP contribution in [0.1, 0.15) is 128 Å². The molecule has 0 saturated heterocycles. The number of hydrogen-bond donors (Lipinski definition) is 4. The number of unbranched alkanes of at least 4 members (excludes halogenated alkanes) is 16. The average molecular weight is 813 g/mol. The lowest BCUT2D eigenvalue weighted by Gasteiger charge is -2.07. The topological polar surface area (TPSA) is 154 Å². The van der Waals surface area contributed by atoms with Gasteiger partial charge in [0.15, 0.2) is 0 Å². The Hall–Kier alpha value is -0.680. The normalized spacial score (nSPS) is 11.4. The Balaban J connectivity index is 3.17. The van der Waals surface area contributed by atoms with Crippen LogP contribution in [-0.4, -0.2) is 139 Å². The number of rotatable bonds is 47. The van der Waals surface area contributed by atoms with E-state index < -0.39 is 0 Å². The number of nitrogens with one attached hydrogen (secondary N) is 2. The molecule has 0 atom stereocenters. The molecule has 2 amide bonds. The molecule has 0 bridgehead atoms. The molecule has 0 radical (unpaired) electrons. The first-order valence-corrected chi connectivity index (χ1v) is 23.7. The van der Waals surface area contributed by atoms with Crippen LogP contribution in [0.25, 0.3) is 0 Å². The van der Waals surface area contributed by atoms with E-state index in [9.17, 15) is 9.59 Å². The fraction of sp³-hybridized carbons (Fsp3) is 0.950. The third kappa shape index (κ3) is 47.5. The molecule has 0 saturated carbocycles. The number of aliphatic hydroxyl groups excluding tert-OH is 2. The summed E-state index contributed by atoms with van der Waals surface area (Å²) in [7, 11) is 4.11. The Morgan fingerprint density at radius 3 is 0.926 bits per heavy atom. The average Bonchev–Trinajstić information content (AvgIpc) is 3.17. The van der Waals surface area contributed by atoms with E-state index in [2.05, 4.69) is 32.2 Å². The highest BCUT2D eigenvalue weighted by Gasteiger charge is 2.03. The second kappa shape index (κ2) is 48.5. The summed E-state index contributed by atoms with van der Waals surface area (Å²) in [5.41, 5.74) is 0. The van der Waals surface area contributed by atoms with E-state index in [1.807, 2.05) is 0 Å². The number of hydrogen-bond acceptors (Lipinski definition) is 12. The summed E-state index contributed by atoms with van der Waals surface area (Å²) in [6.45, 7) is 6.80. The summed E-state index contributed by atoms with van der Waals surface area (Å²) in [6.07, 6.45) is 23.7. The van der Waals surface area contributed by atoms with Crippen molar-refractivity contribution in [2.45, 2.75) is 128 Å². The van der Waals surface area contributed by atoms with E-state index in [-0.39, 0.29) is 25.0 Å². The standard InChI is InChI=1S/C40H80N2O10S2/c43-23-27-49-31-35-51-33-29-47-25-19-39(45)41-21-15-11-7-3-1-5-9-13-17-37-53-54-38-18-14-10-6-2-4-8-12-16-22-42-40(46)20-26-48-30-34-52-36-32-50-28-24-44/h43-44H,1-38H2,(H,41,45)(H,42,46). The van der Waals surface area contributed by atoms with Crippen LogP contribution >= 0.6 is 21.6 Å². The minimum Gasteiger partial charge on any atom is -0.394 e. The Kier molecular flexibility index (Phi) is 47.9. The van der Waals surface area contributed by atoms with E-state index in [4.69, 9.17) is 38.6 Å². The van der Waals surface area contributed by atoms with E-state index in [1.165, 1.54) is 114 Å². The largest absolute Gasteiger partial charge is 0.394 e. The molecule has 54 heavy (non-hydrogen) atoms. The van der Waals surface area contributed by atoms with Gasteiger partial charge in [0.05, 0.1) is 92.5 Å². The first kappa shape index (κ1) is 53.3. The molecule has 0 heterocycles. The fourth-order valence-electron chi connectivity index (χ4n) is 5.34. The molecule has 0 aromatic rings. The highest BCUT2D eigenvalue weighted by Crippen LogP contribution is 2.25. The van der Waals surface area contributed by atoms with Gasteiger partial charge in [0.2, 0.25) is 11.8 Å². The zero-order valence-electron chi connectivity index (χ0n) is 33.8. The van der Waals surface area contributed by atoms with Crippen LogP contribution in [-0.2, 0) is 38.0 Å². The number of aliphatic hydroxyl groups is 2. The van der Waals surface area contributed by atoms with Crippen molar-refractivity contribution in [1.29, 1.82) is 0 Å². The van der Waals surface area contributed by atoms with Gasteiger partial charge in [-0.15, -0.1) is 0 Å². The molecule has 0 aromatic heterocycles. The Labute approximate surface area is 336 Å². The maximum Gasteiger partial charge on any atom is 0.222 e. The number of carbonyl (C=O) groups excluding carboxylic acids is 2. The summed E-state index contributed by atoms with van der Waals surface area (Å²) in [5.74, 6) is 2.65. The summed E-state index contributed by atoms with van der Waals surface area (Å²) in [5, 5.41) is 23.2. The van der Waals surface area contributed by atoms with Gasteiger partial charge in [0.1, 0.15) is 0 Å². The first-order chi connectivity index (χ1) is 26.7. The smallest absolute Gasteiger partial charge is 0.222 e. The lowest BCUT2D eigenvalue weighted by Crippen LogP contribution is -2.25. The van der Waals surface area contributed by atoms with Crippen molar-refractivity contribution in [2.24, 2.45) is 0 Å². The predicted molar refractivity (Wildman–Crippen MR) is 222 cm³/mol. The summed E-state index contributed by atoms with van der Waals surface area (Å²) in [6, 6.07) is 0. The molecule has 0 aliphatic rings. The van der Waals surface area contributed by atoms with Crippen LogP contribution in [0.3, 0.4) is 0 Å². The lowest BCUT2D eigenvalue weighted by molar-refractivity contribution is -0.123. The van der Waals surface area contributed by atoms with Crippen molar-refractivity contribution in [3.8, 4) is 0 Å². The van der Waals surface area contributed by atoms with Crippen LogP contribution in [0.4, 0.5) is 0 Å². The minimum atomic E-state index is 0.0229. The molecule has 0 aliphatic carbocycles. The van der Waals surface area contributed by atoms with E-state index in [0.717, 1.165) is 25.9 Å². The van der Waals surface area contributed by atoms with Gasteiger partial charge >= 0.3 is 0 Å². The molecule has 0 unspecified atom stereocenters. The van der Waals surface area contributed by atoms with Gasteiger partial charge in [-0.1, -0.05) is 111 Å². The van der Waals surface area contributed by atoms with Crippen LogP contribution in [0.5, 0.6) is 0 Å². The zero-order chi connectivity index (χ0) is 39.1. The van der Waals surface area contributed by atoms with Gasteiger partial charge in [-0.3, -0.25) is 9.59 Å². The van der Waals surface area contributed by atoms with Crippen molar-refractivity contribution in [1.82, 2.24) is 10.6 Å².